The number of benzene rings is 2. The third-order valence-corrected chi connectivity index (χ3v) is 3.81. The lowest BCUT2D eigenvalue weighted by atomic mass is 10.1. The molecule has 23 heavy (non-hydrogen) atoms. The van der Waals surface area contributed by atoms with Crippen LogP contribution in [-0.4, -0.2) is 30.9 Å². The lowest BCUT2D eigenvalue weighted by Gasteiger charge is -2.34. The maximum atomic E-state index is 12.7. The Morgan fingerprint density at radius 2 is 1.61 bits per heavy atom. The fourth-order valence-corrected chi connectivity index (χ4v) is 2.66. The molecule has 1 aliphatic heterocycles. The Morgan fingerprint density at radius 3 is 2.26 bits per heavy atom. The molecule has 0 saturated carbocycles. The number of carbonyl (C=O) groups is 1. The van der Waals surface area contributed by atoms with E-state index in [0.717, 1.165) is 17.8 Å². The molecule has 0 spiro atoms. The summed E-state index contributed by atoms with van der Waals surface area (Å²) in [5, 5.41) is 6.44. The molecule has 2 N–H and O–H groups in total. The van der Waals surface area contributed by atoms with Crippen molar-refractivity contribution in [2.75, 3.05) is 20.0 Å². The average Bonchev–Trinajstić information content (AvgIpc) is 2.63. The van der Waals surface area contributed by atoms with Crippen LogP contribution in [0.1, 0.15) is 17.2 Å². The molecule has 0 aromatic heterocycles. The number of nitrogens with one attached hydrogen (secondary N) is 2. The molecule has 120 valence electrons. The largest absolute Gasteiger partial charge is 0.459 e. The third kappa shape index (κ3) is 4.16. The number of carbonyl (C=O) groups excluding carboxylic acids is 1. The van der Waals surface area contributed by atoms with Gasteiger partial charge in [0.2, 0.25) is 0 Å². The molecular formula is C18H21N3O2. The molecule has 1 heterocycles. The van der Waals surface area contributed by atoms with E-state index in [0.29, 0.717) is 13.3 Å². The smallest absolute Gasteiger partial charge is 0.328 e. The van der Waals surface area contributed by atoms with E-state index in [1.165, 1.54) is 0 Å². The summed E-state index contributed by atoms with van der Waals surface area (Å²) in [7, 11) is 0. The van der Waals surface area contributed by atoms with Crippen LogP contribution < -0.4 is 10.6 Å². The molecule has 0 bridgehead atoms. The number of hydrogen-bond acceptors (Lipinski definition) is 5. The molecule has 2 aromatic carbocycles. The van der Waals surface area contributed by atoms with Crippen LogP contribution in [0.3, 0.4) is 0 Å². The quantitative estimate of drug-likeness (QED) is 0.825. The Balaban J connectivity index is 1.73. The van der Waals surface area contributed by atoms with Crippen molar-refractivity contribution in [3.8, 4) is 0 Å². The molecule has 2 aromatic rings. The summed E-state index contributed by atoms with van der Waals surface area (Å²) >= 11 is 0. The first kappa shape index (κ1) is 15.7. The van der Waals surface area contributed by atoms with Crippen molar-refractivity contribution in [1.82, 2.24) is 15.5 Å². The van der Waals surface area contributed by atoms with Crippen LogP contribution in [-0.2, 0) is 16.1 Å². The first-order chi connectivity index (χ1) is 11.3. The number of ether oxygens (including phenoxy) is 1. The molecule has 1 unspecified atom stereocenters. The van der Waals surface area contributed by atoms with Gasteiger partial charge in [-0.1, -0.05) is 60.7 Å². The molecule has 0 amide bonds. The maximum Gasteiger partial charge on any atom is 0.328 e. The number of esters is 1. The van der Waals surface area contributed by atoms with Crippen molar-refractivity contribution < 1.29 is 9.53 Å². The van der Waals surface area contributed by atoms with Gasteiger partial charge in [-0.2, -0.15) is 0 Å². The van der Waals surface area contributed by atoms with Crippen LogP contribution >= 0.6 is 0 Å². The minimum Gasteiger partial charge on any atom is -0.459 e. The van der Waals surface area contributed by atoms with Crippen molar-refractivity contribution in [2.45, 2.75) is 12.6 Å². The zero-order chi connectivity index (χ0) is 15.9. The zero-order valence-electron chi connectivity index (χ0n) is 12.9. The second kappa shape index (κ2) is 7.87. The van der Waals surface area contributed by atoms with E-state index in [4.69, 9.17) is 4.74 Å². The van der Waals surface area contributed by atoms with E-state index < -0.39 is 6.04 Å². The first-order valence-corrected chi connectivity index (χ1v) is 7.75. The second-order valence-corrected chi connectivity index (χ2v) is 5.49. The standard InChI is InChI=1S/C18H21N3O2/c22-18(23-11-15-7-3-1-4-8-15)17(16-9-5-2-6-10-16)21-13-19-12-20-14-21/h1-10,17,19-20H,11-14H2. The Bertz CT molecular complexity index is 613. The SMILES string of the molecule is O=C(OCc1ccccc1)C(c1ccccc1)N1CNCNC1. The van der Waals surface area contributed by atoms with E-state index in [1.807, 2.05) is 65.6 Å². The van der Waals surface area contributed by atoms with Gasteiger partial charge < -0.3 is 4.74 Å². The molecule has 0 radical (unpaired) electrons. The molecule has 5 heteroatoms. The lowest BCUT2D eigenvalue weighted by molar-refractivity contribution is -0.152. The highest BCUT2D eigenvalue weighted by molar-refractivity contribution is 5.77. The third-order valence-electron chi connectivity index (χ3n) is 3.81. The average molecular weight is 311 g/mol. The Hall–Kier alpha value is -2.21. The summed E-state index contributed by atoms with van der Waals surface area (Å²) in [6.07, 6.45) is 0. The number of nitrogens with zero attached hydrogens (tertiary/aromatic N) is 1. The summed E-state index contributed by atoms with van der Waals surface area (Å²) in [4.78, 5) is 14.7. The molecule has 1 fully saturated rings. The lowest BCUT2D eigenvalue weighted by Crippen LogP contribution is -2.53. The minimum atomic E-state index is -0.416. The molecule has 1 atom stereocenters. The fraction of sp³-hybridized carbons (Fsp3) is 0.278. The number of rotatable bonds is 5. The van der Waals surface area contributed by atoms with E-state index in [1.54, 1.807) is 0 Å². The van der Waals surface area contributed by atoms with Gasteiger partial charge >= 0.3 is 5.97 Å². The van der Waals surface area contributed by atoms with Crippen LogP contribution in [0, 0.1) is 0 Å². The second-order valence-electron chi connectivity index (χ2n) is 5.49. The summed E-state index contributed by atoms with van der Waals surface area (Å²) < 4.78 is 5.56. The van der Waals surface area contributed by atoms with Crippen LogP contribution in [0.2, 0.25) is 0 Å². The summed E-state index contributed by atoms with van der Waals surface area (Å²) in [5.74, 6) is -0.231. The first-order valence-electron chi connectivity index (χ1n) is 7.75. The highest BCUT2D eigenvalue weighted by Crippen LogP contribution is 2.22. The van der Waals surface area contributed by atoms with Gasteiger partial charge in [-0.15, -0.1) is 0 Å². The number of hydrogen-bond donors (Lipinski definition) is 2. The predicted octanol–water partition coefficient (Wildman–Crippen LogP) is 1.84. The van der Waals surface area contributed by atoms with Gasteiger partial charge in [-0.25, -0.2) is 4.79 Å². The minimum absolute atomic E-state index is 0.231. The summed E-state index contributed by atoms with van der Waals surface area (Å²) in [6, 6.07) is 19.1. The molecule has 1 aliphatic rings. The van der Waals surface area contributed by atoms with Gasteiger partial charge in [0.25, 0.3) is 0 Å². The monoisotopic (exact) mass is 311 g/mol. The van der Waals surface area contributed by atoms with Crippen molar-refractivity contribution in [2.24, 2.45) is 0 Å². The Kier molecular flexibility index (Phi) is 5.37. The van der Waals surface area contributed by atoms with Crippen LogP contribution in [0.4, 0.5) is 0 Å². The van der Waals surface area contributed by atoms with Crippen LogP contribution in [0.15, 0.2) is 60.7 Å². The van der Waals surface area contributed by atoms with Gasteiger partial charge in [0, 0.05) is 6.67 Å². The topological polar surface area (TPSA) is 53.6 Å². The van der Waals surface area contributed by atoms with Crippen molar-refractivity contribution >= 4 is 5.97 Å². The van der Waals surface area contributed by atoms with E-state index in [9.17, 15) is 4.79 Å². The van der Waals surface area contributed by atoms with Crippen LogP contribution in [0.25, 0.3) is 0 Å². The maximum absolute atomic E-state index is 12.7. The van der Waals surface area contributed by atoms with Crippen molar-refractivity contribution in [1.29, 1.82) is 0 Å². The molecule has 3 rings (SSSR count). The van der Waals surface area contributed by atoms with Crippen molar-refractivity contribution in [3.63, 3.8) is 0 Å². The Morgan fingerprint density at radius 1 is 1.00 bits per heavy atom. The van der Waals surface area contributed by atoms with E-state index >= 15 is 0 Å². The van der Waals surface area contributed by atoms with E-state index in [2.05, 4.69) is 10.6 Å². The molecule has 5 nitrogen and oxygen atoms in total. The zero-order valence-corrected chi connectivity index (χ0v) is 12.9. The summed E-state index contributed by atoms with van der Waals surface area (Å²) in [6.45, 7) is 2.33. The normalized spacial score (nSPS) is 16.7. The fourth-order valence-electron chi connectivity index (χ4n) is 2.66. The predicted molar refractivity (Wildman–Crippen MR) is 88.1 cm³/mol. The highest BCUT2D eigenvalue weighted by atomic mass is 16.5. The Labute approximate surface area is 136 Å². The van der Waals surface area contributed by atoms with Gasteiger partial charge in [0.05, 0.1) is 13.3 Å². The van der Waals surface area contributed by atoms with Gasteiger partial charge in [0.1, 0.15) is 12.6 Å². The van der Waals surface area contributed by atoms with Gasteiger partial charge in [-0.3, -0.25) is 15.5 Å². The van der Waals surface area contributed by atoms with Crippen LogP contribution in [0.5, 0.6) is 0 Å². The van der Waals surface area contributed by atoms with Gasteiger partial charge in [-0.05, 0) is 11.1 Å². The van der Waals surface area contributed by atoms with Crippen molar-refractivity contribution in [3.05, 3.63) is 71.8 Å². The molecule has 1 saturated heterocycles. The molecular weight excluding hydrogens is 290 g/mol. The summed E-state index contributed by atoms with van der Waals surface area (Å²) in [5.41, 5.74) is 1.93. The molecule has 0 aliphatic carbocycles. The highest BCUT2D eigenvalue weighted by Gasteiger charge is 2.29. The van der Waals surface area contributed by atoms with E-state index in [-0.39, 0.29) is 12.6 Å². The van der Waals surface area contributed by atoms with Gasteiger partial charge in [0.15, 0.2) is 0 Å².